The molecule has 0 bridgehead atoms. The van der Waals surface area contributed by atoms with Crippen LogP contribution in [0.5, 0.6) is 11.5 Å². The summed E-state index contributed by atoms with van der Waals surface area (Å²) >= 11 is 6.04. The van der Waals surface area contributed by atoms with Gasteiger partial charge in [-0.2, -0.15) is 0 Å². The molecule has 2 saturated heterocycles. The van der Waals surface area contributed by atoms with Crippen molar-refractivity contribution < 1.29 is 28.5 Å². The van der Waals surface area contributed by atoms with Crippen LogP contribution in [0.25, 0.3) is 11.0 Å². The van der Waals surface area contributed by atoms with Gasteiger partial charge in [-0.05, 0) is 55.7 Å². The SMILES string of the molecule is COC(=O)c1ccc2nc(C[C@H]3CC[C@@H](c4cccc5c4O[C@](C)(c4ccc(Cl)cn4)O5)CO3)n(C[C@@H]3CCO3)c2c1. The van der Waals surface area contributed by atoms with Crippen molar-refractivity contribution in [3.8, 4) is 11.5 Å². The third-order valence-electron chi connectivity index (χ3n) is 8.45. The van der Waals surface area contributed by atoms with Crippen molar-refractivity contribution in [2.24, 2.45) is 0 Å². The summed E-state index contributed by atoms with van der Waals surface area (Å²) in [5.74, 6) is 1.16. The minimum Gasteiger partial charge on any atom is -0.465 e. The molecule has 7 rings (SSSR count). The molecule has 0 aliphatic carbocycles. The molecule has 0 spiro atoms. The van der Waals surface area contributed by atoms with Gasteiger partial charge in [-0.15, -0.1) is 0 Å². The smallest absolute Gasteiger partial charge is 0.337 e. The summed E-state index contributed by atoms with van der Waals surface area (Å²) in [6.07, 6.45) is 5.28. The Morgan fingerprint density at radius 1 is 1.10 bits per heavy atom. The molecule has 42 heavy (non-hydrogen) atoms. The van der Waals surface area contributed by atoms with Crippen LogP contribution in [0.2, 0.25) is 5.02 Å². The molecule has 0 N–H and O–H groups in total. The number of hydrogen-bond donors (Lipinski definition) is 0. The number of halogens is 1. The Kier molecular flexibility index (Phi) is 7.04. The third kappa shape index (κ3) is 4.99. The number of ether oxygens (including phenoxy) is 5. The second-order valence-corrected chi connectivity index (χ2v) is 11.7. The Hall–Kier alpha value is -3.66. The molecule has 2 aromatic heterocycles. The number of aromatic nitrogens is 3. The molecule has 3 aliphatic heterocycles. The number of nitrogens with zero attached hydrogens (tertiary/aromatic N) is 3. The lowest BCUT2D eigenvalue weighted by atomic mass is 9.90. The number of imidazole rings is 1. The van der Waals surface area contributed by atoms with Gasteiger partial charge in [0, 0.05) is 37.6 Å². The second-order valence-electron chi connectivity index (χ2n) is 11.2. The second kappa shape index (κ2) is 10.9. The maximum Gasteiger partial charge on any atom is 0.337 e. The van der Waals surface area contributed by atoms with Crippen molar-refractivity contribution in [1.29, 1.82) is 0 Å². The highest BCUT2D eigenvalue weighted by molar-refractivity contribution is 6.30. The lowest BCUT2D eigenvalue weighted by Gasteiger charge is -2.31. The van der Waals surface area contributed by atoms with Gasteiger partial charge in [0.05, 0.1) is 54.1 Å². The number of benzene rings is 2. The third-order valence-corrected chi connectivity index (χ3v) is 8.68. The molecule has 2 aromatic carbocycles. The number of para-hydroxylation sites is 1. The monoisotopic (exact) mass is 589 g/mol. The molecule has 4 aromatic rings. The van der Waals surface area contributed by atoms with E-state index < -0.39 is 5.79 Å². The molecule has 0 amide bonds. The van der Waals surface area contributed by atoms with E-state index in [1.165, 1.54) is 7.11 Å². The van der Waals surface area contributed by atoms with E-state index in [2.05, 4.69) is 15.6 Å². The predicted molar refractivity (Wildman–Crippen MR) is 155 cm³/mol. The van der Waals surface area contributed by atoms with Gasteiger partial charge < -0.3 is 28.3 Å². The normalized spacial score (nSPS) is 24.9. The topological polar surface area (TPSA) is 93.9 Å². The molecule has 3 aliphatic rings. The van der Waals surface area contributed by atoms with Gasteiger partial charge in [0.25, 0.3) is 5.79 Å². The minimum absolute atomic E-state index is 0.0247. The fourth-order valence-electron chi connectivity index (χ4n) is 6.04. The van der Waals surface area contributed by atoms with Crippen molar-refractivity contribution in [1.82, 2.24) is 14.5 Å². The molecular weight excluding hydrogens is 558 g/mol. The fourth-order valence-corrected chi connectivity index (χ4v) is 6.16. The standard InChI is InChI=1S/C32H32ClN3O6/c1-32(28-11-8-21(33)16-34-28)41-27-5-3-4-24(30(27)42-32)20-6-9-22(40-18-20)15-29-35-25-10-7-19(31(37)38-2)14-26(25)36(29)17-23-12-13-39-23/h3-5,7-8,10-11,14,16,20,22-23H,6,9,12-13,15,17-18H2,1-2H3/t20-,22-,23+,32-/m1/s1. The molecule has 0 radical (unpaired) electrons. The van der Waals surface area contributed by atoms with Crippen LogP contribution in [-0.4, -0.2) is 53.0 Å². The maximum absolute atomic E-state index is 12.2. The van der Waals surface area contributed by atoms with Gasteiger partial charge in [0.2, 0.25) is 0 Å². The van der Waals surface area contributed by atoms with Gasteiger partial charge in [-0.1, -0.05) is 23.7 Å². The van der Waals surface area contributed by atoms with Gasteiger partial charge in [0.1, 0.15) is 11.5 Å². The minimum atomic E-state index is -1.03. The molecule has 5 heterocycles. The lowest BCUT2D eigenvalue weighted by Crippen LogP contribution is -2.33. The highest BCUT2D eigenvalue weighted by Crippen LogP contribution is 2.49. The number of pyridine rings is 1. The van der Waals surface area contributed by atoms with Crippen LogP contribution < -0.4 is 9.47 Å². The summed E-state index contributed by atoms with van der Waals surface area (Å²) in [5.41, 5.74) is 4.00. The summed E-state index contributed by atoms with van der Waals surface area (Å²) in [7, 11) is 1.39. The maximum atomic E-state index is 12.2. The summed E-state index contributed by atoms with van der Waals surface area (Å²) in [6.45, 7) is 3.91. The number of esters is 1. The van der Waals surface area contributed by atoms with Crippen LogP contribution in [0.3, 0.4) is 0 Å². The first-order valence-corrected chi connectivity index (χ1v) is 14.7. The van der Waals surface area contributed by atoms with E-state index in [0.29, 0.717) is 41.6 Å². The lowest BCUT2D eigenvalue weighted by molar-refractivity contribution is -0.0726. The average molecular weight is 590 g/mol. The van der Waals surface area contributed by atoms with E-state index in [-0.39, 0.29) is 24.1 Å². The Labute approximate surface area is 248 Å². The highest BCUT2D eigenvalue weighted by Gasteiger charge is 2.42. The number of hydrogen-bond acceptors (Lipinski definition) is 8. The Bertz CT molecular complexity index is 1630. The summed E-state index contributed by atoms with van der Waals surface area (Å²) < 4.78 is 32.0. The van der Waals surface area contributed by atoms with Gasteiger partial charge in [0.15, 0.2) is 11.5 Å². The molecule has 0 unspecified atom stereocenters. The van der Waals surface area contributed by atoms with Gasteiger partial charge in [-0.25, -0.2) is 9.78 Å². The molecule has 4 atom stereocenters. The van der Waals surface area contributed by atoms with Crippen LogP contribution in [0, 0.1) is 0 Å². The number of rotatable bonds is 7. The zero-order valence-electron chi connectivity index (χ0n) is 23.5. The predicted octanol–water partition coefficient (Wildman–Crippen LogP) is 5.81. The van der Waals surface area contributed by atoms with E-state index in [1.54, 1.807) is 18.3 Å². The van der Waals surface area contributed by atoms with E-state index in [1.807, 2.05) is 37.3 Å². The average Bonchev–Trinajstić information content (AvgIpc) is 3.51. The van der Waals surface area contributed by atoms with Crippen molar-refractivity contribution in [2.45, 2.75) is 63.1 Å². The van der Waals surface area contributed by atoms with Crippen LogP contribution in [0.1, 0.15) is 59.5 Å². The van der Waals surface area contributed by atoms with E-state index in [9.17, 15) is 4.79 Å². The molecular formula is C32H32ClN3O6. The highest BCUT2D eigenvalue weighted by atomic mass is 35.5. The van der Waals surface area contributed by atoms with E-state index >= 15 is 0 Å². The van der Waals surface area contributed by atoms with Crippen LogP contribution in [0.15, 0.2) is 54.7 Å². The van der Waals surface area contributed by atoms with Gasteiger partial charge >= 0.3 is 5.97 Å². The largest absolute Gasteiger partial charge is 0.465 e. The van der Waals surface area contributed by atoms with Crippen LogP contribution in [0.4, 0.5) is 0 Å². The Balaban J connectivity index is 1.07. The van der Waals surface area contributed by atoms with Crippen LogP contribution in [-0.2, 0) is 33.0 Å². The van der Waals surface area contributed by atoms with Crippen molar-refractivity contribution in [3.63, 3.8) is 0 Å². The molecule has 10 heteroatoms. The zero-order chi connectivity index (χ0) is 28.8. The summed E-state index contributed by atoms with van der Waals surface area (Å²) in [4.78, 5) is 21.6. The number of carbonyl (C=O) groups excluding carboxylic acids is 1. The first kappa shape index (κ1) is 27.2. The zero-order valence-corrected chi connectivity index (χ0v) is 24.3. The number of methoxy groups -OCH3 is 1. The van der Waals surface area contributed by atoms with Gasteiger partial charge in [-0.3, -0.25) is 4.98 Å². The summed E-state index contributed by atoms with van der Waals surface area (Å²) in [5, 5.41) is 0.561. The van der Waals surface area contributed by atoms with Crippen molar-refractivity contribution in [3.05, 3.63) is 82.4 Å². The Morgan fingerprint density at radius 3 is 2.69 bits per heavy atom. The van der Waals surface area contributed by atoms with Crippen molar-refractivity contribution in [2.75, 3.05) is 20.3 Å². The van der Waals surface area contributed by atoms with Crippen LogP contribution >= 0.6 is 11.6 Å². The summed E-state index contributed by atoms with van der Waals surface area (Å²) in [6, 6.07) is 15.1. The van der Waals surface area contributed by atoms with E-state index in [0.717, 1.165) is 54.0 Å². The fraction of sp³-hybridized carbons (Fsp3) is 0.406. The first-order valence-electron chi connectivity index (χ1n) is 14.3. The van der Waals surface area contributed by atoms with E-state index in [4.69, 9.17) is 40.3 Å². The quantitative estimate of drug-likeness (QED) is 0.249. The number of fused-ring (bicyclic) bond motifs is 2. The molecule has 9 nitrogen and oxygen atoms in total. The number of carbonyl (C=O) groups is 1. The Morgan fingerprint density at radius 2 is 1.98 bits per heavy atom. The molecule has 218 valence electrons. The first-order chi connectivity index (χ1) is 20.4. The molecule has 2 fully saturated rings. The van der Waals surface area contributed by atoms with Crippen molar-refractivity contribution >= 4 is 28.6 Å². The molecule has 0 saturated carbocycles.